The Hall–Kier alpha value is -0.610. The van der Waals surface area contributed by atoms with E-state index in [9.17, 15) is 9.90 Å². The lowest BCUT2D eigenvalue weighted by Gasteiger charge is -2.32. The van der Waals surface area contributed by atoms with E-state index in [1.54, 1.807) is 0 Å². The van der Waals surface area contributed by atoms with Crippen molar-refractivity contribution in [1.29, 1.82) is 0 Å². The second-order valence-corrected chi connectivity index (χ2v) is 8.21. The van der Waals surface area contributed by atoms with Gasteiger partial charge in [-0.3, -0.25) is 4.79 Å². The molecule has 4 nitrogen and oxygen atoms in total. The molecule has 27 heavy (non-hydrogen) atoms. The summed E-state index contributed by atoms with van der Waals surface area (Å²) in [4.78, 5) is 11.5. The number of aliphatic hydroxyl groups is 1. The van der Waals surface area contributed by atoms with Crippen molar-refractivity contribution in [3.05, 3.63) is 0 Å². The predicted molar refractivity (Wildman–Crippen MR) is 113 cm³/mol. The third-order valence-corrected chi connectivity index (χ3v) is 6.86. The number of carboxylic acid groups (broad SMARTS) is 1. The van der Waals surface area contributed by atoms with E-state index in [0.717, 1.165) is 51.7 Å². The van der Waals surface area contributed by atoms with E-state index >= 15 is 0 Å². The maximum absolute atomic E-state index is 11.5. The van der Waals surface area contributed by atoms with Crippen molar-refractivity contribution < 1.29 is 19.7 Å². The Labute approximate surface area is 168 Å². The van der Waals surface area contributed by atoms with Gasteiger partial charge in [0.25, 0.3) is 0 Å². The summed E-state index contributed by atoms with van der Waals surface area (Å²) in [5.41, 5.74) is -0.102. The largest absolute Gasteiger partial charge is 0.481 e. The van der Waals surface area contributed by atoms with Crippen molar-refractivity contribution in [2.45, 2.75) is 111 Å². The van der Waals surface area contributed by atoms with Crippen LogP contribution in [0.15, 0.2) is 0 Å². The lowest BCUT2D eigenvalue weighted by Crippen LogP contribution is -2.29. The molecule has 0 atom stereocenters. The maximum Gasteiger partial charge on any atom is 0.309 e. The molecule has 0 amide bonds. The van der Waals surface area contributed by atoms with Gasteiger partial charge in [0, 0.05) is 19.8 Å². The van der Waals surface area contributed by atoms with E-state index in [4.69, 9.17) is 9.84 Å². The van der Waals surface area contributed by atoms with Gasteiger partial charge in [-0.15, -0.1) is 0 Å². The Morgan fingerprint density at radius 1 is 0.741 bits per heavy atom. The average molecular weight is 387 g/mol. The summed E-state index contributed by atoms with van der Waals surface area (Å²) < 4.78 is 5.78. The normalized spacial score (nSPS) is 12.5. The highest BCUT2D eigenvalue weighted by Gasteiger charge is 2.33. The minimum atomic E-state index is -0.650. The molecule has 0 aliphatic heterocycles. The number of unbranched alkanes of at least 4 members (excludes halogenated alkanes) is 3. The summed E-state index contributed by atoms with van der Waals surface area (Å²) in [5, 5.41) is 18.5. The van der Waals surface area contributed by atoms with Gasteiger partial charge in [0.05, 0.1) is 5.41 Å². The quantitative estimate of drug-likeness (QED) is 0.259. The van der Waals surface area contributed by atoms with Gasteiger partial charge in [-0.05, 0) is 56.8 Å². The summed E-state index contributed by atoms with van der Waals surface area (Å²) in [6, 6.07) is 0. The first kappa shape index (κ1) is 26.4. The van der Waals surface area contributed by atoms with E-state index in [1.807, 2.05) is 13.8 Å². The predicted octanol–water partition coefficient (Wildman–Crippen LogP) is 6.20. The van der Waals surface area contributed by atoms with Crippen LogP contribution < -0.4 is 0 Å². The van der Waals surface area contributed by atoms with Gasteiger partial charge >= 0.3 is 5.97 Å². The van der Waals surface area contributed by atoms with Crippen LogP contribution in [0.5, 0.6) is 0 Å². The first-order chi connectivity index (χ1) is 13.0. The van der Waals surface area contributed by atoms with Crippen LogP contribution in [0.1, 0.15) is 111 Å². The van der Waals surface area contributed by atoms with Gasteiger partial charge in [-0.2, -0.15) is 0 Å². The van der Waals surface area contributed by atoms with Crippen LogP contribution in [0, 0.1) is 10.8 Å². The van der Waals surface area contributed by atoms with Gasteiger partial charge in [0.2, 0.25) is 0 Å². The standard InChI is InChI=1S/C23H46O4/c1-5-22(6-2,15-9-12-18-24)16-10-13-19-27-20-14-11-17-23(7-3,8-4)21(25)26/h24H,5-20H2,1-4H3,(H,25,26). The molecule has 4 heteroatoms. The summed E-state index contributed by atoms with van der Waals surface area (Å²) in [6.45, 7) is 10.4. The van der Waals surface area contributed by atoms with Crippen LogP contribution >= 0.6 is 0 Å². The molecule has 0 aromatic heterocycles. The third-order valence-electron chi connectivity index (χ3n) is 6.86. The number of hydrogen-bond acceptors (Lipinski definition) is 3. The first-order valence-corrected chi connectivity index (χ1v) is 11.4. The molecular formula is C23H46O4. The van der Waals surface area contributed by atoms with Crippen LogP contribution in [0.4, 0.5) is 0 Å². The highest BCUT2D eigenvalue weighted by atomic mass is 16.5. The molecule has 2 N–H and O–H groups in total. The molecule has 0 saturated carbocycles. The van der Waals surface area contributed by atoms with Crippen molar-refractivity contribution in [2.75, 3.05) is 19.8 Å². The molecule has 0 aliphatic rings. The fourth-order valence-corrected chi connectivity index (χ4v) is 4.18. The molecule has 0 aliphatic carbocycles. The maximum atomic E-state index is 11.5. The summed E-state index contributed by atoms with van der Waals surface area (Å²) >= 11 is 0. The Morgan fingerprint density at radius 3 is 1.63 bits per heavy atom. The zero-order chi connectivity index (χ0) is 20.6. The van der Waals surface area contributed by atoms with Crippen molar-refractivity contribution in [3.8, 4) is 0 Å². The molecule has 0 bridgehead atoms. The highest BCUT2D eigenvalue weighted by Crippen LogP contribution is 2.38. The lowest BCUT2D eigenvalue weighted by molar-refractivity contribution is -0.150. The summed E-state index contributed by atoms with van der Waals surface area (Å²) in [6.07, 6.45) is 13.3. The zero-order valence-corrected chi connectivity index (χ0v) is 18.5. The average Bonchev–Trinajstić information content (AvgIpc) is 2.68. The molecular weight excluding hydrogens is 340 g/mol. The minimum absolute atomic E-state index is 0.307. The van der Waals surface area contributed by atoms with Crippen LogP contribution in [0.2, 0.25) is 0 Å². The topological polar surface area (TPSA) is 66.8 Å². The van der Waals surface area contributed by atoms with Gasteiger partial charge in [0.15, 0.2) is 0 Å². The monoisotopic (exact) mass is 386 g/mol. The molecule has 0 spiro atoms. The van der Waals surface area contributed by atoms with Crippen molar-refractivity contribution in [2.24, 2.45) is 10.8 Å². The van der Waals surface area contributed by atoms with E-state index in [-0.39, 0.29) is 0 Å². The van der Waals surface area contributed by atoms with Gasteiger partial charge in [-0.1, -0.05) is 59.8 Å². The Kier molecular flexibility index (Phi) is 15.0. The van der Waals surface area contributed by atoms with E-state index < -0.39 is 11.4 Å². The molecule has 0 unspecified atom stereocenters. The highest BCUT2D eigenvalue weighted by molar-refractivity contribution is 5.74. The number of carboxylic acids is 1. The number of aliphatic hydroxyl groups excluding tert-OH is 1. The van der Waals surface area contributed by atoms with Crippen molar-refractivity contribution >= 4 is 5.97 Å². The fraction of sp³-hybridized carbons (Fsp3) is 0.957. The van der Waals surface area contributed by atoms with Gasteiger partial charge < -0.3 is 14.9 Å². The summed E-state index contributed by atoms with van der Waals surface area (Å²) in [7, 11) is 0. The Bertz CT molecular complexity index is 359. The minimum Gasteiger partial charge on any atom is -0.481 e. The fourth-order valence-electron chi connectivity index (χ4n) is 4.18. The third kappa shape index (κ3) is 9.94. The summed E-state index contributed by atoms with van der Waals surface area (Å²) in [5.74, 6) is -0.650. The smallest absolute Gasteiger partial charge is 0.309 e. The van der Waals surface area contributed by atoms with Crippen LogP contribution in [-0.4, -0.2) is 36.0 Å². The number of hydrogen-bond donors (Lipinski definition) is 2. The van der Waals surface area contributed by atoms with Crippen molar-refractivity contribution in [3.63, 3.8) is 0 Å². The molecule has 0 fully saturated rings. The van der Waals surface area contributed by atoms with Crippen LogP contribution in [-0.2, 0) is 9.53 Å². The van der Waals surface area contributed by atoms with Crippen LogP contribution in [0.3, 0.4) is 0 Å². The molecule has 0 aromatic rings. The molecule has 0 rings (SSSR count). The second-order valence-electron chi connectivity index (χ2n) is 8.21. The first-order valence-electron chi connectivity index (χ1n) is 11.4. The Balaban J connectivity index is 3.88. The zero-order valence-electron chi connectivity index (χ0n) is 18.5. The second kappa shape index (κ2) is 15.3. The van der Waals surface area contributed by atoms with Gasteiger partial charge in [-0.25, -0.2) is 0 Å². The number of rotatable bonds is 19. The molecule has 0 saturated heterocycles. The molecule has 162 valence electrons. The Morgan fingerprint density at radius 2 is 1.22 bits per heavy atom. The van der Waals surface area contributed by atoms with Gasteiger partial charge in [0.1, 0.15) is 0 Å². The van der Waals surface area contributed by atoms with Crippen molar-refractivity contribution in [1.82, 2.24) is 0 Å². The van der Waals surface area contributed by atoms with E-state index in [1.165, 1.54) is 32.1 Å². The van der Waals surface area contributed by atoms with Crippen LogP contribution in [0.25, 0.3) is 0 Å². The van der Waals surface area contributed by atoms with E-state index in [2.05, 4.69) is 13.8 Å². The SMILES string of the molecule is CCC(CC)(CCCCO)CCCCOCCCCC(CC)(CC)C(=O)O. The molecule has 0 radical (unpaired) electrons. The number of ether oxygens (including phenoxy) is 1. The van der Waals surface area contributed by atoms with E-state index in [0.29, 0.717) is 24.9 Å². The molecule has 0 aromatic carbocycles. The number of carbonyl (C=O) groups is 1. The number of aliphatic carboxylic acids is 1. The lowest BCUT2D eigenvalue weighted by atomic mass is 9.74. The molecule has 0 heterocycles.